The third-order valence-electron chi connectivity index (χ3n) is 2.73. The van der Waals surface area contributed by atoms with Gasteiger partial charge in [0, 0.05) is 13.0 Å². The molecule has 82 valence electrons. The summed E-state index contributed by atoms with van der Waals surface area (Å²) in [6.07, 6.45) is 3.48. The largest absolute Gasteiger partial charge is 0.458 e. The highest BCUT2D eigenvalue weighted by Crippen LogP contribution is 2.19. The van der Waals surface area contributed by atoms with Crippen molar-refractivity contribution in [2.45, 2.75) is 38.7 Å². The maximum absolute atomic E-state index is 11.9. The normalized spacial score (nSPS) is 21.5. The molecule has 1 saturated heterocycles. The Hall–Kier alpha value is -1.09. The Labute approximate surface area is 89.4 Å². The van der Waals surface area contributed by atoms with Gasteiger partial charge in [0.15, 0.2) is 5.76 Å². The summed E-state index contributed by atoms with van der Waals surface area (Å²) in [4.78, 5) is 11.9. The third-order valence-corrected chi connectivity index (χ3v) is 2.73. The maximum atomic E-state index is 11.9. The summed E-state index contributed by atoms with van der Waals surface area (Å²) in [5.41, 5.74) is 0. The molecular formula is C12H16O3. The number of rotatable bonds is 3. The van der Waals surface area contributed by atoms with Gasteiger partial charge in [0.1, 0.15) is 11.9 Å². The minimum absolute atomic E-state index is 0.00519. The first-order valence-electron chi connectivity index (χ1n) is 5.56. The molecule has 1 aromatic heterocycles. The topological polar surface area (TPSA) is 39.4 Å². The van der Waals surface area contributed by atoms with Gasteiger partial charge in [0.05, 0.1) is 0 Å². The zero-order valence-corrected chi connectivity index (χ0v) is 8.99. The standard InChI is InChI=1S/C12H16O3/c1-2-9-6-7-11(15-9)12(13)10-5-3-4-8-14-10/h6-7,10H,2-5,8H2,1H3. The number of aryl methyl sites for hydroxylation is 1. The SMILES string of the molecule is CCc1ccc(C(=O)C2CCCCO2)o1. The van der Waals surface area contributed by atoms with Crippen molar-refractivity contribution in [3.05, 3.63) is 23.7 Å². The highest BCUT2D eigenvalue weighted by molar-refractivity contribution is 5.97. The van der Waals surface area contributed by atoms with Crippen LogP contribution in [0.2, 0.25) is 0 Å². The molecule has 1 atom stereocenters. The smallest absolute Gasteiger partial charge is 0.226 e. The van der Waals surface area contributed by atoms with Gasteiger partial charge >= 0.3 is 0 Å². The van der Waals surface area contributed by atoms with E-state index < -0.39 is 0 Å². The number of ether oxygens (including phenoxy) is 1. The van der Waals surface area contributed by atoms with Crippen molar-refractivity contribution in [2.75, 3.05) is 6.61 Å². The van der Waals surface area contributed by atoms with Crippen LogP contribution < -0.4 is 0 Å². The first-order chi connectivity index (χ1) is 7.31. The molecular weight excluding hydrogens is 192 g/mol. The molecule has 0 spiro atoms. The molecule has 1 fully saturated rings. The van der Waals surface area contributed by atoms with Gasteiger partial charge in [0.2, 0.25) is 5.78 Å². The number of Topliss-reactive ketones (excluding diaryl/α,β-unsaturated/α-hetero) is 1. The van der Waals surface area contributed by atoms with Crippen molar-refractivity contribution in [3.63, 3.8) is 0 Å². The molecule has 15 heavy (non-hydrogen) atoms. The van der Waals surface area contributed by atoms with E-state index in [4.69, 9.17) is 9.15 Å². The average molecular weight is 208 g/mol. The van der Waals surface area contributed by atoms with Gasteiger partial charge in [-0.2, -0.15) is 0 Å². The van der Waals surface area contributed by atoms with Gasteiger partial charge in [-0.1, -0.05) is 6.92 Å². The first-order valence-corrected chi connectivity index (χ1v) is 5.56. The van der Waals surface area contributed by atoms with Crippen LogP contribution in [-0.4, -0.2) is 18.5 Å². The van der Waals surface area contributed by atoms with E-state index >= 15 is 0 Å². The van der Waals surface area contributed by atoms with Crippen LogP contribution in [0.4, 0.5) is 0 Å². The van der Waals surface area contributed by atoms with Crippen molar-refractivity contribution < 1.29 is 13.9 Å². The van der Waals surface area contributed by atoms with Crippen LogP contribution in [0.5, 0.6) is 0 Å². The number of carbonyl (C=O) groups is 1. The van der Waals surface area contributed by atoms with Gasteiger partial charge in [-0.05, 0) is 31.4 Å². The molecule has 2 heterocycles. The molecule has 3 nitrogen and oxygen atoms in total. The van der Waals surface area contributed by atoms with E-state index in [9.17, 15) is 4.79 Å². The van der Waals surface area contributed by atoms with E-state index in [-0.39, 0.29) is 11.9 Å². The van der Waals surface area contributed by atoms with Crippen LogP contribution in [-0.2, 0) is 11.2 Å². The predicted molar refractivity (Wildman–Crippen MR) is 56.0 cm³/mol. The van der Waals surface area contributed by atoms with Crippen molar-refractivity contribution in [1.29, 1.82) is 0 Å². The zero-order chi connectivity index (χ0) is 10.7. The van der Waals surface area contributed by atoms with Crippen LogP contribution in [0.3, 0.4) is 0 Å². The van der Waals surface area contributed by atoms with Gasteiger partial charge in [-0.3, -0.25) is 4.79 Å². The van der Waals surface area contributed by atoms with Gasteiger partial charge < -0.3 is 9.15 Å². The molecule has 2 rings (SSSR count). The Morgan fingerprint density at radius 3 is 2.93 bits per heavy atom. The Balaban J connectivity index is 2.05. The monoisotopic (exact) mass is 208 g/mol. The van der Waals surface area contributed by atoms with Crippen molar-refractivity contribution >= 4 is 5.78 Å². The van der Waals surface area contributed by atoms with Crippen LogP contribution in [0.15, 0.2) is 16.5 Å². The molecule has 0 aromatic carbocycles. The lowest BCUT2D eigenvalue weighted by Gasteiger charge is -2.20. The van der Waals surface area contributed by atoms with E-state index in [1.165, 1.54) is 0 Å². The second-order valence-corrected chi connectivity index (χ2v) is 3.84. The summed E-state index contributed by atoms with van der Waals surface area (Å²) in [5.74, 6) is 1.29. The number of ketones is 1. The molecule has 0 bridgehead atoms. The van der Waals surface area contributed by atoms with Gasteiger partial charge in [0.25, 0.3) is 0 Å². The lowest BCUT2D eigenvalue weighted by atomic mass is 10.0. The lowest BCUT2D eigenvalue weighted by Crippen LogP contribution is -2.27. The zero-order valence-electron chi connectivity index (χ0n) is 8.99. The fraction of sp³-hybridized carbons (Fsp3) is 0.583. The molecule has 1 aromatic rings. The van der Waals surface area contributed by atoms with Crippen LogP contribution in [0.1, 0.15) is 42.5 Å². The molecule has 1 unspecified atom stereocenters. The van der Waals surface area contributed by atoms with E-state index in [2.05, 4.69) is 0 Å². The van der Waals surface area contributed by atoms with Crippen LogP contribution in [0, 0.1) is 0 Å². The molecule has 0 N–H and O–H groups in total. The summed E-state index contributed by atoms with van der Waals surface area (Å²) in [6, 6.07) is 3.61. The predicted octanol–water partition coefficient (Wildman–Crippen LogP) is 2.59. The molecule has 1 aliphatic heterocycles. The number of furan rings is 1. The highest BCUT2D eigenvalue weighted by atomic mass is 16.5. The third kappa shape index (κ3) is 2.29. The number of hydrogen-bond donors (Lipinski definition) is 0. The fourth-order valence-corrected chi connectivity index (χ4v) is 1.81. The van der Waals surface area contributed by atoms with E-state index in [0.29, 0.717) is 12.4 Å². The van der Waals surface area contributed by atoms with Crippen molar-refractivity contribution in [2.24, 2.45) is 0 Å². The molecule has 0 radical (unpaired) electrons. The Morgan fingerprint density at radius 2 is 2.33 bits per heavy atom. The summed E-state index contributed by atoms with van der Waals surface area (Å²) in [7, 11) is 0. The van der Waals surface area contributed by atoms with Gasteiger partial charge in [-0.15, -0.1) is 0 Å². The summed E-state index contributed by atoms with van der Waals surface area (Å²) in [5, 5.41) is 0. The van der Waals surface area contributed by atoms with E-state index in [1.807, 2.05) is 13.0 Å². The van der Waals surface area contributed by atoms with Crippen molar-refractivity contribution in [3.8, 4) is 0 Å². The second-order valence-electron chi connectivity index (χ2n) is 3.84. The second kappa shape index (κ2) is 4.62. The quantitative estimate of drug-likeness (QED) is 0.717. The summed E-state index contributed by atoms with van der Waals surface area (Å²) >= 11 is 0. The highest BCUT2D eigenvalue weighted by Gasteiger charge is 2.25. The van der Waals surface area contributed by atoms with E-state index in [0.717, 1.165) is 31.4 Å². The first kappa shape index (κ1) is 10.4. The lowest BCUT2D eigenvalue weighted by molar-refractivity contribution is 0.0167. The minimum Gasteiger partial charge on any atom is -0.458 e. The van der Waals surface area contributed by atoms with Crippen LogP contribution in [0.25, 0.3) is 0 Å². The average Bonchev–Trinajstić information content (AvgIpc) is 2.78. The molecule has 3 heteroatoms. The minimum atomic E-state index is -0.283. The molecule has 0 aliphatic carbocycles. The Bertz CT molecular complexity index is 334. The Kier molecular flexibility index (Phi) is 3.21. The molecule has 0 saturated carbocycles. The molecule has 1 aliphatic rings. The summed E-state index contributed by atoms with van der Waals surface area (Å²) in [6.45, 7) is 2.70. The summed E-state index contributed by atoms with van der Waals surface area (Å²) < 4.78 is 10.8. The molecule has 0 amide bonds. The van der Waals surface area contributed by atoms with Gasteiger partial charge in [-0.25, -0.2) is 0 Å². The van der Waals surface area contributed by atoms with Crippen LogP contribution >= 0.6 is 0 Å². The maximum Gasteiger partial charge on any atom is 0.226 e. The number of carbonyl (C=O) groups excluding carboxylic acids is 1. The Morgan fingerprint density at radius 1 is 1.47 bits per heavy atom. The number of hydrogen-bond acceptors (Lipinski definition) is 3. The fourth-order valence-electron chi connectivity index (χ4n) is 1.81. The van der Waals surface area contributed by atoms with E-state index in [1.54, 1.807) is 6.07 Å². The van der Waals surface area contributed by atoms with Crippen molar-refractivity contribution in [1.82, 2.24) is 0 Å².